The second kappa shape index (κ2) is 13.2. The number of esters is 1. The molecule has 0 spiro atoms. The highest BCUT2D eigenvalue weighted by molar-refractivity contribution is 6.03. The van der Waals surface area contributed by atoms with Crippen molar-refractivity contribution in [2.24, 2.45) is 0 Å². The number of nitrogens with one attached hydrogen (secondary N) is 2. The molecule has 0 aliphatic carbocycles. The van der Waals surface area contributed by atoms with Crippen LogP contribution in [0.1, 0.15) is 57.6 Å². The van der Waals surface area contributed by atoms with E-state index < -0.39 is 0 Å². The quantitative estimate of drug-likeness (QED) is 0.248. The Morgan fingerprint density at radius 1 is 1.21 bits per heavy atom. The molecule has 0 radical (unpaired) electrons. The van der Waals surface area contributed by atoms with Crippen molar-refractivity contribution in [1.82, 2.24) is 14.9 Å². The summed E-state index contributed by atoms with van der Waals surface area (Å²) in [7, 11) is 1.42. The van der Waals surface area contributed by atoms with Gasteiger partial charge in [-0.15, -0.1) is 0 Å². The van der Waals surface area contributed by atoms with Crippen LogP contribution in [0, 0.1) is 0 Å². The first-order valence-corrected chi connectivity index (χ1v) is 13.5. The average Bonchev–Trinajstić information content (AvgIpc) is 2.97. The van der Waals surface area contributed by atoms with E-state index in [9.17, 15) is 9.59 Å². The predicted molar refractivity (Wildman–Crippen MR) is 153 cm³/mol. The molecule has 1 aliphatic heterocycles. The van der Waals surface area contributed by atoms with E-state index in [1.54, 1.807) is 0 Å². The molecule has 1 saturated heterocycles. The van der Waals surface area contributed by atoms with Gasteiger partial charge < -0.3 is 20.1 Å². The number of nitrogens with zero attached hydrogens (tertiary/aromatic N) is 3. The van der Waals surface area contributed by atoms with Crippen molar-refractivity contribution in [3.8, 4) is 5.75 Å². The van der Waals surface area contributed by atoms with Gasteiger partial charge in [-0.3, -0.25) is 14.5 Å². The SMILES string of the molecule is C=CC(=O)Nc1cc2c(NC(C)c3ccccc3)ncnc2cc1OC(CCC)N1CCCCC1C(=O)OC. The lowest BCUT2D eigenvalue weighted by molar-refractivity contribution is -0.153. The van der Waals surface area contributed by atoms with Gasteiger partial charge >= 0.3 is 5.97 Å². The molecule has 4 rings (SSSR count). The molecule has 9 heteroatoms. The molecule has 1 aromatic heterocycles. The number of ether oxygens (including phenoxy) is 2. The third-order valence-corrected chi connectivity index (χ3v) is 7.02. The maximum absolute atomic E-state index is 12.6. The fourth-order valence-corrected chi connectivity index (χ4v) is 4.98. The fourth-order valence-electron chi connectivity index (χ4n) is 4.98. The van der Waals surface area contributed by atoms with Crippen molar-refractivity contribution in [3.05, 3.63) is 67.0 Å². The number of benzene rings is 2. The van der Waals surface area contributed by atoms with Crippen molar-refractivity contribution in [2.45, 2.75) is 64.3 Å². The molecule has 2 N–H and O–H groups in total. The van der Waals surface area contributed by atoms with Crippen LogP contribution in [0.4, 0.5) is 11.5 Å². The number of anilines is 2. The number of likely N-dealkylation sites (tertiary alicyclic amines) is 1. The van der Waals surface area contributed by atoms with E-state index in [1.807, 2.05) is 30.3 Å². The van der Waals surface area contributed by atoms with Crippen LogP contribution in [0.25, 0.3) is 10.9 Å². The van der Waals surface area contributed by atoms with Crippen molar-refractivity contribution < 1.29 is 19.1 Å². The van der Waals surface area contributed by atoms with E-state index in [-0.39, 0.29) is 30.2 Å². The van der Waals surface area contributed by atoms with Crippen molar-refractivity contribution in [3.63, 3.8) is 0 Å². The van der Waals surface area contributed by atoms with Gasteiger partial charge in [0.2, 0.25) is 5.91 Å². The highest BCUT2D eigenvalue weighted by Crippen LogP contribution is 2.35. The van der Waals surface area contributed by atoms with Gasteiger partial charge in [-0.1, -0.05) is 56.7 Å². The molecule has 206 valence electrons. The summed E-state index contributed by atoms with van der Waals surface area (Å²) in [6, 6.07) is 13.3. The smallest absolute Gasteiger partial charge is 0.323 e. The average molecular weight is 532 g/mol. The first-order valence-electron chi connectivity index (χ1n) is 13.5. The third kappa shape index (κ3) is 6.72. The zero-order valence-corrected chi connectivity index (χ0v) is 22.9. The summed E-state index contributed by atoms with van der Waals surface area (Å²) in [5.41, 5.74) is 2.26. The monoisotopic (exact) mass is 531 g/mol. The van der Waals surface area contributed by atoms with E-state index in [4.69, 9.17) is 9.47 Å². The standard InChI is InChI=1S/C30H37N5O4/c1-5-12-28(35-16-11-10-15-25(35)30(37)38-4)39-26-18-23-22(17-24(26)34-27(36)6-2)29(32-19-31-23)33-20(3)21-13-8-7-9-14-21/h6-9,13-14,17-20,25,28H,2,5,10-12,15-16H2,1,3-4H3,(H,34,36)(H,31,32,33). The number of carbonyl (C=O) groups is 2. The summed E-state index contributed by atoms with van der Waals surface area (Å²) in [5, 5.41) is 7.09. The van der Waals surface area contributed by atoms with Gasteiger partial charge in [-0.25, -0.2) is 9.97 Å². The Balaban J connectivity index is 1.71. The number of aromatic nitrogens is 2. The molecular weight excluding hydrogens is 494 g/mol. The zero-order valence-electron chi connectivity index (χ0n) is 22.9. The Bertz CT molecular complexity index is 1300. The maximum Gasteiger partial charge on any atom is 0.323 e. The molecule has 39 heavy (non-hydrogen) atoms. The molecule has 9 nitrogen and oxygen atoms in total. The number of hydrogen-bond donors (Lipinski definition) is 2. The van der Waals surface area contributed by atoms with Crippen LogP contribution in [-0.4, -0.2) is 52.7 Å². The van der Waals surface area contributed by atoms with Crippen LogP contribution >= 0.6 is 0 Å². The second-order valence-electron chi connectivity index (χ2n) is 9.69. The van der Waals surface area contributed by atoms with Crippen LogP contribution in [0.2, 0.25) is 0 Å². The summed E-state index contributed by atoms with van der Waals surface area (Å²) < 4.78 is 11.7. The molecule has 0 saturated carbocycles. The first-order chi connectivity index (χ1) is 18.9. The number of methoxy groups -OCH3 is 1. The number of hydrogen-bond acceptors (Lipinski definition) is 8. The topological polar surface area (TPSA) is 106 Å². The third-order valence-electron chi connectivity index (χ3n) is 7.02. The number of fused-ring (bicyclic) bond motifs is 1. The number of carbonyl (C=O) groups excluding carboxylic acids is 2. The molecule has 1 fully saturated rings. The molecule has 3 unspecified atom stereocenters. The lowest BCUT2D eigenvalue weighted by Gasteiger charge is -2.39. The summed E-state index contributed by atoms with van der Waals surface area (Å²) in [6.45, 7) is 8.45. The Morgan fingerprint density at radius 2 is 2.00 bits per heavy atom. The summed E-state index contributed by atoms with van der Waals surface area (Å²) in [4.78, 5) is 36.1. The zero-order chi connectivity index (χ0) is 27.8. The lowest BCUT2D eigenvalue weighted by Crippen LogP contribution is -2.52. The minimum absolute atomic E-state index is 0.00488. The van der Waals surface area contributed by atoms with Crippen molar-refractivity contribution >= 4 is 34.3 Å². The Kier molecular flexibility index (Phi) is 9.49. The van der Waals surface area contributed by atoms with E-state index in [0.29, 0.717) is 29.2 Å². The highest BCUT2D eigenvalue weighted by atomic mass is 16.5. The molecule has 1 amide bonds. The van der Waals surface area contributed by atoms with Gasteiger partial charge in [-0.05, 0) is 43.9 Å². The van der Waals surface area contributed by atoms with Crippen LogP contribution in [0.15, 0.2) is 61.4 Å². The van der Waals surface area contributed by atoms with E-state index >= 15 is 0 Å². The van der Waals surface area contributed by atoms with Crippen LogP contribution in [0.3, 0.4) is 0 Å². The lowest BCUT2D eigenvalue weighted by atomic mass is 10.0. The molecule has 3 aromatic rings. The Labute approximate surface area is 229 Å². The second-order valence-corrected chi connectivity index (χ2v) is 9.69. The number of piperidine rings is 1. The van der Waals surface area contributed by atoms with E-state index in [1.165, 1.54) is 19.5 Å². The highest BCUT2D eigenvalue weighted by Gasteiger charge is 2.35. The van der Waals surface area contributed by atoms with Gasteiger partial charge in [0.25, 0.3) is 0 Å². The van der Waals surface area contributed by atoms with Crippen LogP contribution in [0.5, 0.6) is 5.75 Å². The largest absolute Gasteiger partial charge is 0.473 e. The van der Waals surface area contributed by atoms with Crippen molar-refractivity contribution in [2.75, 3.05) is 24.3 Å². The van der Waals surface area contributed by atoms with Gasteiger partial charge in [0, 0.05) is 24.0 Å². The summed E-state index contributed by atoms with van der Waals surface area (Å²) in [5.74, 6) is 0.491. The first kappa shape index (κ1) is 28.0. The van der Waals surface area contributed by atoms with Gasteiger partial charge in [0.1, 0.15) is 23.9 Å². The van der Waals surface area contributed by atoms with Crippen LogP contribution in [-0.2, 0) is 14.3 Å². The number of amides is 1. The Morgan fingerprint density at radius 3 is 2.72 bits per heavy atom. The van der Waals surface area contributed by atoms with Gasteiger partial charge in [0.15, 0.2) is 6.23 Å². The summed E-state index contributed by atoms with van der Waals surface area (Å²) >= 11 is 0. The fraction of sp³-hybridized carbons (Fsp3) is 0.400. The number of rotatable bonds is 11. The summed E-state index contributed by atoms with van der Waals surface area (Å²) in [6.07, 6.45) is 6.54. The predicted octanol–water partition coefficient (Wildman–Crippen LogP) is 5.46. The molecule has 2 aromatic carbocycles. The minimum Gasteiger partial charge on any atom is -0.473 e. The minimum atomic E-state index is -0.381. The Hall–Kier alpha value is -3.98. The maximum atomic E-state index is 12.6. The molecule has 1 aliphatic rings. The van der Waals surface area contributed by atoms with Gasteiger partial charge in [-0.2, -0.15) is 0 Å². The van der Waals surface area contributed by atoms with Crippen molar-refractivity contribution in [1.29, 1.82) is 0 Å². The van der Waals surface area contributed by atoms with Crippen LogP contribution < -0.4 is 15.4 Å². The molecule has 0 bridgehead atoms. The molecular formula is C30H37N5O4. The van der Waals surface area contributed by atoms with Gasteiger partial charge in [0.05, 0.1) is 18.3 Å². The van der Waals surface area contributed by atoms with E-state index in [2.05, 4.69) is 58.1 Å². The van der Waals surface area contributed by atoms with E-state index in [0.717, 1.165) is 43.2 Å². The molecule has 2 heterocycles. The normalized spacial score (nSPS) is 17.2. The molecule has 3 atom stereocenters.